The number of aliphatic carboxylic acids is 1. The van der Waals surface area contributed by atoms with Crippen molar-refractivity contribution in [2.75, 3.05) is 21.1 Å². The van der Waals surface area contributed by atoms with Crippen LogP contribution in [0, 0.1) is 0 Å². The number of carboxylic acid groups (broad SMARTS) is 1. The highest BCUT2D eigenvalue weighted by atomic mass is 16.6. The van der Waals surface area contributed by atoms with Gasteiger partial charge in [0.25, 0.3) is 0 Å². The van der Waals surface area contributed by atoms with Crippen LogP contribution in [0.1, 0.15) is 5.56 Å². The van der Waals surface area contributed by atoms with Gasteiger partial charge in [-0.1, -0.05) is 30.3 Å². The van der Waals surface area contributed by atoms with Gasteiger partial charge in [-0.3, -0.25) is 0 Å². The number of hydrogen-bond donors (Lipinski definition) is 1. The maximum atomic E-state index is 10.5. The molecule has 1 rings (SSSR count). The number of carboxylic acids is 1. The van der Waals surface area contributed by atoms with Crippen LogP contribution in [-0.4, -0.2) is 43.1 Å². The Balaban J connectivity index is 0.000000557. The smallest absolute Gasteiger partial charge is 0.417 e. The number of benzene rings is 1. The van der Waals surface area contributed by atoms with Crippen molar-refractivity contribution in [3.8, 4) is 0 Å². The van der Waals surface area contributed by atoms with E-state index >= 15 is 0 Å². The van der Waals surface area contributed by atoms with E-state index in [2.05, 4.69) is 4.74 Å². The molecule has 0 aromatic heterocycles. The van der Waals surface area contributed by atoms with Gasteiger partial charge in [0.15, 0.2) is 0 Å². The van der Waals surface area contributed by atoms with Gasteiger partial charge in [0.1, 0.15) is 6.61 Å². The van der Waals surface area contributed by atoms with Crippen LogP contribution >= 0.6 is 0 Å². The molecule has 0 unspecified atom stereocenters. The highest BCUT2D eigenvalue weighted by molar-refractivity contribution is 6.28. The van der Waals surface area contributed by atoms with Gasteiger partial charge < -0.3 is 14.7 Å². The van der Waals surface area contributed by atoms with Crippen molar-refractivity contribution in [1.29, 1.82) is 0 Å². The summed E-state index contributed by atoms with van der Waals surface area (Å²) >= 11 is 0. The number of ether oxygens (including phenoxy) is 1. The summed E-state index contributed by atoms with van der Waals surface area (Å²) in [6.07, 6.45) is 0. The Hall–Kier alpha value is -1.88. The molecule has 17 heavy (non-hydrogen) atoms. The molecule has 0 bridgehead atoms. The van der Waals surface area contributed by atoms with Gasteiger partial charge >= 0.3 is 11.9 Å². The SMILES string of the molecule is CN(C)C.O=C(O)C(=O)OCc1ccccc1. The summed E-state index contributed by atoms with van der Waals surface area (Å²) in [7, 11) is 6.00. The van der Waals surface area contributed by atoms with E-state index in [0.717, 1.165) is 5.56 Å². The van der Waals surface area contributed by atoms with Gasteiger partial charge in [0, 0.05) is 0 Å². The largest absolute Gasteiger partial charge is 0.473 e. The van der Waals surface area contributed by atoms with Gasteiger partial charge in [-0.2, -0.15) is 0 Å². The third kappa shape index (κ3) is 9.07. The Labute approximate surface area is 101 Å². The van der Waals surface area contributed by atoms with Crippen molar-refractivity contribution in [1.82, 2.24) is 4.90 Å². The van der Waals surface area contributed by atoms with Gasteiger partial charge in [0.05, 0.1) is 0 Å². The molecule has 0 aliphatic rings. The molecule has 0 saturated heterocycles. The fraction of sp³-hybridized carbons (Fsp3) is 0.333. The van der Waals surface area contributed by atoms with Crippen LogP contribution < -0.4 is 0 Å². The van der Waals surface area contributed by atoms with E-state index in [0.29, 0.717) is 0 Å². The predicted molar refractivity (Wildman–Crippen MR) is 63.5 cm³/mol. The average molecular weight is 239 g/mol. The fourth-order valence-electron chi connectivity index (χ4n) is 0.785. The Morgan fingerprint density at radius 2 is 1.65 bits per heavy atom. The van der Waals surface area contributed by atoms with Gasteiger partial charge in [-0.15, -0.1) is 0 Å². The lowest BCUT2D eigenvalue weighted by atomic mass is 10.2. The lowest BCUT2D eigenvalue weighted by Gasteiger charge is -2.00. The van der Waals surface area contributed by atoms with Crippen LogP contribution in [0.2, 0.25) is 0 Å². The summed E-state index contributed by atoms with van der Waals surface area (Å²) in [5.41, 5.74) is 0.761. The zero-order chi connectivity index (χ0) is 13.3. The number of hydrogen-bond acceptors (Lipinski definition) is 4. The summed E-state index contributed by atoms with van der Waals surface area (Å²) in [5.74, 6) is -2.81. The Morgan fingerprint density at radius 1 is 1.18 bits per heavy atom. The van der Waals surface area contributed by atoms with Crippen LogP contribution in [-0.2, 0) is 20.9 Å². The van der Waals surface area contributed by atoms with Crippen molar-refractivity contribution >= 4 is 11.9 Å². The number of rotatable bonds is 2. The van der Waals surface area contributed by atoms with Crippen LogP contribution in [0.4, 0.5) is 0 Å². The molecule has 5 nitrogen and oxygen atoms in total. The van der Waals surface area contributed by atoms with Crippen molar-refractivity contribution in [3.05, 3.63) is 35.9 Å². The molecule has 1 aromatic carbocycles. The van der Waals surface area contributed by atoms with Crippen LogP contribution in [0.3, 0.4) is 0 Å². The van der Waals surface area contributed by atoms with E-state index < -0.39 is 11.9 Å². The van der Waals surface area contributed by atoms with E-state index in [1.807, 2.05) is 32.1 Å². The number of nitrogens with zero attached hydrogens (tertiary/aromatic N) is 1. The predicted octanol–water partition coefficient (Wildman–Crippen LogP) is 0.992. The summed E-state index contributed by atoms with van der Waals surface area (Å²) in [4.78, 5) is 22.5. The monoisotopic (exact) mass is 239 g/mol. The van der Waals surface area contributed by atoms with Crippen molar-refractivity contribution < 1.29 is 19.4 Å². The fourth-order valence-corrected chi connectivity index (χ4v) is 0.785. The second-order valence-electron chi connectivity index (χ2n) is 3.71. The highest BCUT2D eigenvalue weighted by Crippen LogP contribution is 2.00. The van der Waals surface area contributed by atoms with E-state index in [9.17, 15) is 9.59 Å². The minimum absolute atomic E-state index is 0.00796. The first-order valence-electron chi connectivity index (χ1n) is 4.98. The van der Waals surface area contributed by atoms with E-state index in [1.165, 1.54) is 0 Å². The molecular weight excluding hydrogens is 222 g/mol. The van der Waals surface area contributed by atoms with Gasteiger partial charge in [-0.25, -0.2) is 9.59 Å². The minimum Gasteiger partial charge on any atom is -0.473 e. The van der Waals surface area contributed by atoms with E-state index in [4.69, 9.17) is 5.11 Å². The minimum atomic E-state index is -1.57. The Kier molecular flexibility index (Phi) is 7.38. The van der Waals surface area contributed by atoms with Crippen LogP contribution in [0.5, 0.6) is 0 Å². The van der Waals surface area contributed by atoms with Gasteiger partial charge in [0.2, 0.25) is 0 Å². The van der Waals surface area contributed by atoms with Gasteiger partial charge in [-0.05, 0) is 26.7 Å². The van der Waals surface area contributed by atoms with Crippen molar-refractivity contribution in [2.45, 2.75) is 6.61 Å². The molecule has 0 heterocycles. The lowest BCUT2D eigenvalue weighted by molar-refractivity contribution is -0.164. The van der Waals surface area contributed by atoms with Crippen molar-refractivity contribution in [2.24, 2.45) is 0 Å². The molecule has 0 saturated carbocycles. The maximum Gasteiger partial charge on any atom is 0.417 e. The standard InChI is InChI=1S/C9H8O4.C3H9N/c10-8(11)9(12)13-6-7-4-2-1-3-5-7;1-4(2)3/h1-5H,6H2,(H,10,11);1-3H3. The molecule has 0 radical (unpaired) electrons. The molecule has 1 N–H and O–H groups in total. The normalized spacial score (nSPS) is 9.18. The number of carbonyl (C=O) groups excluding carboxylic acids is 1. The van der Waals surface area contributed by atoms with E-state index in [-0.39, 0.29) is 6.61 Å². The zero-order valence-corrected chi connectivity index (χ0v) is 10.2. The average Bonchev–Trinajstić information content (AvgIpc) is 2.26. The first kappa shape index (κ1) is 15.1. The molecule has 5 heteroatoms. The second kappa shape index (κ2) is 8.29. The first-order valence-corrected chi connectivity index (χ1v) is 4.98. The molecule has 1 aromatic rings. The third-order valence-electron chi connectivity index (χ3n) is 1.39. The van der Waals surface area contributed by atoms with Crippen molar-refractivity contribution in [3.63, 3.8) is 0 Å². The maximum absolute atomic E-state index is 10.5. The number of esters is 1. The zero-order valence-electron chi connectivity index (χ0n) is 10.2. The second-order valence-corrected chi connectivity index (χ2v) is 3.71. The first-order chi connectivity index (χ1) is 7.93. The Morgan fingerprint density at radius 3 is 2.06 bits per heavy atom. The van der Waals surface area contributed by atoms with E-state index in [1.54, 1.807) is 24.3 Å². The molecule has 0 atom stereocenters. The van der Waals surface area contributed by atoms with Crippen LogP contribution in [0.15, 0.2) is 30.3 Å². The molecule has 0 spiro atoms. The third-order valence-corrected chi connectivity index (χ3v) is 1.39. The van der Waals surface area contributed by atoms with Crippen LogP contribution in [0.25, 0.3) is 0 Å². The number of carbonyl (C=O) groups is 2. The lowest BCUT2D eigenvalue weighted by Crippen LogP contribution is -2.15. The topological polar surface area (TPSA) is 66.8 Å². The molecule has 0 aliphatic heterocycles. The Bertz CT molecular complexity index is 346. The highest BCUT2D eigenvalue weighted by Gasteiger charge is 2.11. The molecular formula is C12H17NO4. The molecule has 0 amide bonds. The summed E-state index contributed by atoms with van der Waals surface area (Å²) in [5, 5.41) is 8.19. The summed E-state index contributed by atoms with van der Waals surface area (Å²) in [6.45, 7) is -0.00796. The quantitative estimate of drug-likeness (QED) is 0.616. The summed E-state index contributed by atoms with van der Waals surface area (Å²) in [6, 6.07) is 8.88. The molecule has 94 valence electrons. The molecule has 0 fully saturated rings. The molecule has 0 aliphatic carbocycles. The summed E-state index contributed by atoms with van der Waals surface area (Å²) < 4.78 is 4.45.